The highest BCUT2D eigenvalue weighted by Crippen LogP contribution is 2.28. The van der Waals surface area contributed by atoms with Crippen molar-refractivity contribution in [3.8, 4) is 0 Å². The summed E-state index contributed by atoms with van der Waals surface area (Å²) in [5, 5.41) is 6.60. The van der Waals surface area contributed by atoms with E-state index in [0.29, 0.717) is 0 Å². The highest BCUT2D eigenvalue weighted by atomic mass is 127. The third kappa shape index (κ3) is 9.81. The van der Waals surface area contributed by atoms with Crippen LogP contribution in [0.4, 0.5) is 0 Å². The Hall–Kier alpha value is -0.820. The molecule has 1 aromatic carbocycles. The van der Waals surface area contributed by atoms with Crippen molar-refractivity contribution in [2.45, 2.75) is 32.6 Å². The normalized spacial score (nSPS) is 14.2. The second kappa shape index (κ2) is 12.6. The number of aryl methyl sites for hydroxylation is 1. The molecule has 130 valence electrons. The lowest BCUT2D eigenvalue weighted by Gasteiger charge is -2.11. The first-order chi connectivity index (χ1) is 10.9. The molecule has 0 unspecified atom stereocenters. The van der Waals surface area contributed by atoms with Crippen LogP contribution < -0.4 is 10.6 Å². The lowest BCUT2D eigenvalue weighted by atomic mass is 10.1. The zero-order valence-corrected chi connectivity index (χ0v) is 16.4. The molecular formula is C18H30IN3O. The molecule has 1 saturated carbocycles. The van der Waals surface area contributed by atoms with Crippen molar-refractivity contribution in [2.24, 2.45) is 10.9 Å². The number of guanidine groups is 1. The van der Waals surface area contributed by atoms with E-state index in [-0.39, 0.29) is 24.0 Å². The topological polar surface area (TPSA) is 45.7 Å². The van der Waals surface area contributed by atoms with E-state index in [1.807, 2.05) is 0 Å². The van der Waals surface area contributed by atoms with E-state index in [0.717, 1.165) is 57.6 Å². The van der Waals surface area contributed by atoms with Crippen LogP contribution in [0.2, 0.25) is 0 Å². The highest BCUT2D eigenvalue weighted by molar-refractivity contribution is 14.0. The summed E-state index contributed by atoms with van der Waals surface area (Å²) in [7, 11) is 0. The van der Waals surface area contributed by atoms with Gasteiger partial charge in [-0.05, 0) is 44.1 Å². The SMILES string of the molecule is CCNC(=NCCCc1ccccc1)NCCOCC1CC1.I. The molecule has 0 heterocycles. The Kier molecular flexibility index (Phi) is 11.1. The number of rotatable bonds is 10. The van der Waals surface area contributed by atoms with Gasteiger partial charge in [-0.1, -0.05) is 30.3 Å². The lowest BCUT2D eigenvalue weighted by Crippen LogP contribution is -2.39. The summed E-state index contributed by atoms with van der Waals surface area (Å²) in [6.07, 6.45) is 4.84. The third-order valence-corrected chi connectivity index (χ3v) is 3.67. The van der Waals surface area contributed by atoms with Crippen LogP contribution in [0.15, 0.2) is 35.3 Å². The second-order valence-corrected chi connectivity index (χ2v) is 5.79. The molecule has 1 fully saturated rings. The minimum atomic E-state index is 0. The molecule has 0 saturated heterocycles. The Balaban J connectivity index is 0.00000264. The molecule has 1 aromatic rings. The van der Waals surface area contributed by atoms with Crippen molar-refractivity contribution in [3.63, 3.8) is 0 Å². The van der Waals surface area contributed by atoms with Crippen LogP contribution in [-0.4, -0.2) is 38.8 Å². The standard InChI is InChI=1S/C18H29N3O.HI/c1-2-19-18(21-13-14-22-15-17-10-11-17)20-12-6-9-16-7-4-3-5-8-16;/h3-5,7-8,17H,2,6,9-15H2,1H3,(H2,19,20,21);1H. The summed E-state index contributed by atoms with van der Waals surface area (Å²) in [4.78, 5) is 4.61. The Bertz CT molecular complexity index is 435. The lowest BCUT2D eigenvalue weighted by molar-refractivity contribution is 0.129. The van der Waals surface area contributed by atoms with Crippen LogP contribution in [-0.2, 0) is 11.2 Å². The average Bonchev–Trinajstić information content (AvgIpc) is 3.36. The molecule has 23 heavy (non-hydrogen) atoms. The summed E-state index contributed by atoms with van der Waals surface area (Å²) in [6.45, 7) is 6.31. The maximum absolute atomic E-state index is 5.62. The monoisotopic (exact) mass is 431 g/mol. The van der Waals surface area contributed by atoms with Crippen molar-refractivity contribution < 1.29 is 4.74 Å². The van der Waals surface area contributed by atoms with Gasteiger partial charge >= 0.3 is 0 Å². The fourth-order valence-electron chi connectivity index (χ4n) is 2.24. The fraction of sp³-hybridized carbons (Fsp3) is 0.611. The second-order valence-electron chi connectivity index (χ2n) is 5.79. The van der Waals surface area contributed by atoms with E-state index < -0.39 is 0 Å². The fourth-order valence-corrected chi connectivity index (χ4v) is 2.24. The number of benzene rings is 1. The molecule has 1 aliphatic carbocycles. The van der Waals surface area contributed by atoms with Crippen LogP contribution in [0.5, 0.6) is 0 Å². The minimum Gasteiger partial charge on any atom is -0.379 e. The van der Waals surface area contributed by atoms with E-state index in [1.54, 1.807) is 0 Å². The summed E-state index contributed by atoms with van der Waals surface area (Å²) in [6, 6.07) is 10.6. The molecule has 1 aliphatic rings. The molecule has 0 aliphatic heterocycles. The van der Waals surface area contributed by atoms with Gasteiger partial charge in [0.1, 0.15) is 0 Å². The van der Waals surface area contributed by atoms with Gasteiger partial charge in [-0.2, -0.15) is 0 Å². The first-order valence-corrected chi connectivity index (χ1v) is 8.52. The number of nitrogens with one attached hydrogen (secondary N) is 2. The van der Waals surface area contributed by atoms with Crippen molar-refractivity contribution in [1.29, 1.82) is 0 Å². The molecular weight excluding hydrogens is 401 g/mol. The summed E-state index contributed by atoms with van der Waals surface area (Å²) < 4.78 is 5.62. The maximum atomic E-state index is 5.62. The van der Waals surface area contributed by atoms with E-state index in [9.17, 15) is 0 Å². The largest absolute Gasteiger partial charge is 0.379 e. The number of hydrogen-bond acceptors (Lipinski definition) is 2. The molecule has 0 amide bonds. The van der Waals surface area contributed by atoms with Gasteiger partial charge in [0.05, 0.1) is 6.61 Å². The number of aliphatic imine (C=N–C) groups is 1. The van der Waals surface area contributed by atoms with E-state index in [4.69, 9.17) is 4.74 Å². The van der Waals surface area contributed by atoms with Crippen molar-refractivity contribution in [2.75, 3.05) is 32.8 Å². The maximum Gasteiger partial charge on any atom is 0.191 e. The molecule has 0 aromatic heterocycles. The molecule has 0 bridgehead atoms. The number of halogens is 1. The highest BCUT2D eigenvalue weighted by Gasteiger charge is 2.20. The molecule has 0 atom stereocenters. The molecule has 2 rings (SSSR count). The zero-order chi connectivity index (χ0) is 15.5. The van der Waals surface area contributed by atoms with E-state index in [2.05, 4.69) is 52.9 Å². The smallest absolute Gasteiger partial charge is 0.191 e. The number of ether oxygens (including phenoxy) is 1. The van der Waals surface area contributed by atoms with Gasteiger partial charge in [0, 0.05) is 26.2 Å². The van der Waals surface area contributed by atoms with Gasteiger partial charge in [-0.15, -0.1) is 24.0 Å². The van der Waals surface area contributed by atoms with E-state index >= 15 is 0 Å². The Morgan fingerprint density at radius 3 is 2.70 bits per heavy atom. The third-order valence-electron chi connectivity index (χ3n) is 3.67. The number of hydrogen-bond donors (Lipinski definition) is 2. The van der Waals surface area contributed by atoms with Crippen LogP contribution >= 0.6 is 24.0 Å². The van der Waals surface area contributed by atoms with Gasteiger partial charge in [0.15, 0.2) is 5.96 Å². The van der Waals surface area contributed by atoms with Gasteiger partial charge in [0.2, 0.25) is 0 Å². The Morgan fingerprint density at radius 1 is 1.22 bits per heavy atom. The summed E-state index contributed by atoms with van der Waals surface area (Å²) in [5.41, 5.74) is 1.38. The minimum absolute atomic E-state index is 0. The van der Waals surface area contributed by atoms with Gasteiger partial charge in [-0.25, -0.2) is 0 Å². The molecule has 5 heteroatoms. The van der Waals surface area contributed by atoms with Crippen molar-refractivity contribution in [1.82, 2.24) is 10.6 Å². The predicted molar refractivity (Wildman–Crippen MR) is 108 cm³/mol. The van der Waals surface area contributed by atoms with Crippen molar-refractivity contribution >= 4 is 29.9 Å². The molecule has 2 N–H and O–H groups in total. The molecule has 0 spiro atoms. The average molecular weight is 431 g/mol. The predicted octanol–water partition coefficient (Wildman–Crippen LogP) is 3.22. The quantitative estimate of drug-likeness (QED) is 0.259. The zero-order valence-electron chi connectivity index (χ0n) is 14.1. The molecule has 4 nitrogen and oxygen atoms in total. The van der Waals surface area contributed by atoms with Crippen molar-refractivity contribution in [3.05, 3.63) is 35.9 Å². The van der Waals surface area contributed by atoms with Gasteiger partial charge in [0.25, 0.3) is 0 Å². The first-order valence-electron chi connectivity index (χ1n) is 8.52. The van der Waals surface area contributed by atoms with Crippen LogP contribution in [0.25, 0.3) is 0 Å². The van der Waals surface area contributed by atoms with Gasteiger partial charge in [-0.3, -0.25) is 4.99 Å². The van der Waals surface area contributed by atoms with E-state index in [1.165, 1.54) is 18.4 Å². The van der Waals surface area contributed by atoms with Crippen LogP contribution in [0.1, 0.15) is 31.7 Å². The first kappa shape index (κ1) is 20.2. The summed E-state index contributed by atoms with van der Waals surface area (Å²) >= 11 is 0. The molecule has 0 radical (unpaired) electrons. The summed E-state index contributed by atoms with van der Waals surface area (Å²) in [5.74, 6) is 1.73. The Morgan fingerprint density at radius 2 is 2.00 bits per heavy atom. The number of nitrogens with zero attached hydrogens (tertiary/aromatic N) is 1. The Labute approximate surface area is 157 Å². The van der Waals surface area contributed by atoms with Crippen LogP contribution in [0, 0.1) is 5.92 Å². The van der Waals surface area contributed by atoms with Crippen LogP contribution in [0.3, 0.4) is 0 Å². The van der Waals surface area contributed by atoms with Gasteiger partial charge < -0.3 is 15.4 Å².